The Kier molecular flexibility index (Phi) is 9.37. The van der Waals surface area contributed by atoms with E-state index < -0.39 is 21.8 Å². The summed E-state index contributed by atoms with van der Waals surface area (Å²) in [7, 11) is -3.42. The van der Waals surface area contributed by atoms with Gasteiger partial charge in [-0.25, -0.2) is 13.4 Å². The van der Waals surface area contributed by atoms with Crippen molar-refractivity contribution in [2.24, 2.45) is 0 Å². The topological polar surface area (TPSA) is 135 Å². The minimum absolute atomic E-state index is 0.0426. The van der Waals surface area contributed by atoms with Gasteiger partial charge in [0.2, 0.25) is 6.10 Å². The summed E-state index contributed by atoms with van der Waals surface area (Å²) >= 11 is 1.22. The van der Waals surface area contributed by atoms with Crippen molar-refractivity contribution in [2.75, 3.05) is 11.1 Å². The molecule has 9 nitrogen and oxygen atoms in total. The van der Waals surface area contributed by atoms with E-state index in [4.69, 9.17) is 9.47 Å². The summed E-state index contributed by atoms with van der Waals surface area (Å²) in [5.74, 6) is 0.477. The zero-order valence-corrected chi connectivity index (χ0v) is 24.9. The van der Waals surface area contributed by atoms with Crippen LogP contribution in [-0.2, 0) is 34.5 Å². The maximum absolute atomic E-state index is 13.6. The number of benzene rings is 4. The van der Waals surface area contributed by atoms with E-state index in [-0.39, 0.29) is 23.9 Å². The molecule has 43 heavy (non-hydrogen) atoms. The van der Waals surface area contributed by atoms with E-state index in [2.05, 4.69) is 10.3 Å². The van der Waals surface area contributed by atoms with Crippen LogP contribution in [-0.4, -0.2) is 35.3 Å². The van der Waals surface area contributed by atoms with Crippen molar-refractivity contribution in [1.29, 1.82) is 0 Å². The lowest BCUT2D eigenvalue weighted by molar-refractivity contribution is -0.123. The molecular formula is C32H30N2O7S2. The summed E-state index contributed by atoms with van der Waals surface area (Å²) in [4.78, 5) is 18.2. The van der Waals surface area contributed by atoms with Gasteiger partial charge in [-0.05, 0) is 65.2 Å². The van der Waals surface area contributed by atoms with Crippen LogP contribution in [0.2, 0.25) is 0 Å². The van der Waals surface area contributed by atoms with Crippen LogP contribution in [0.5, 0.6) is 11.5 Å². The molecule has 0 aliphatic heterocycles. The van der Waals surface area contributed by atoms with E-state index in [1.54, 1.807) is 55.5 Å². The van der Waals surface area contributed by atoms with Gasteiger partial charge in [0.25, 0.3) is 5.91 Å². The number of hydrogen-bond acceptors (Lipinski definition) is 9. The predicted octanol–water partition coefficient (Wildman–Crippen LogP) is 5.41. The summed E-state index contributed by atoms with van der Waals surface area (Å²) < 4.78 is 37.4. The average Bonchev–Trinajstić information content (AvgIpc) is 3.43. The monoisotopic (exact) mass is 618 g/mol. The third-order valence-electron chi connectivity index (χ3n) is 6.77. The molecule has 1 unspecified atom stereocenters. The summed E-state index contributed by atoms with van der Waals surface area (Å²) in [5.41, 5.74) is 3.18. The fourth-order valence-electron chi connectivity index (χ4n) is 4.36. The molecule has 1 heterocycles. The first-order chi connectivity index (χ1) is 20.8. The van der Waals surface area contributed by atoms with Crippen molar-refractivity contribution in [2.45, 2.75) is 37.7 Å². The Morgan fingerprint density at radius 1 is 0.907 bits per heavy atom. The quantitative estimate of drug-likeness (QED) is 0.169. The van der Waals surface area contributed by atoms with Gasteiger partial charge in [-0.2, -0.15) is 0 Å². The molecule has 0 spiro atoms. The lowest BCUT2D eigenvalue weighted by atomic mass is 10.1. The van der Waals surface area contributed by atoms with Crippen LogP contribution in [0.4, 0.5) is 5.13 Å². The zero-order valence-electron chi connectivity index (χ0n) is 23.3. The molecule has 5 rings (SSSR count). The van der Waals surface area contributed by atoms with Gasteiger partial charge >= 0.3 is 0 Å². The standard InChI is InChI=1S/C32H30N2O7S2/c1-2-43(38,39)27-14-8-22(9-15-27)30(41-26-12-10-25(11-13-26)40-20-21-6-4-3-5-7-21)31(37)34-32-33-28-16-23(18-35)24(19-36)17-29(28)42-32/h3-17,30,35-36H,2,18-20H2,1H3,(H,33,34,37). The van der Waals surface area contributed by atoms with Gasteiger partial charge in [0.1, 0.15) is 18.1 Å². The van der Waals surface area contributed by atoms with Crippen LogP contribution < -0.4 is 14.8 Å². The molecule has 1 amide bonds. The van der Waals surface area contributed by atoms with Crippen LogP contribution in [0.1, 0.15) is 35.3 Å². The number of hydrogen-bond donors (Lipinski definition) is 3. The van der Waals surface area contributed by atoms with Gasteiger partial charge < -0.3 is 19.7 Å². The number of amides is 1. The van der Waals surface area contributed by atoms with E-state index in [0.717, 1.165) is 10.3 Å². The Balaban J connectivity index is 1.38. The maximum Gasteiger partial charge on any atom is 0.271 e. The first kappa shape index (κ1) is 30.2. The fraction of sp³-hybridized carbons (Fsp3) is 0.188. The third kappa shape index (κ3) is 7.20. The van der Waals surface area contributed by atoms with E-state index in [0.29, 0.717) is 45.4 Å². The molecule has 5 aromatic rings. The van der Waals surface area contributed by atoms with Crippen LogP contribution in [0.15, 0.2) is 95.9 Å². The Morgan fingerprint density at radius 3 is 2.21 bits per heavy atom. The number of carbonyl (C=O) groups is 1. The molecule has 0 saturated carbocycles. The molecule has 1 aromatic heterocycles. The lowest BCUT2D eigenvalue weighted by Gasteiger charge is -2.19. The highest BCUT2D eigenvalue weighted by molar-refractivity contribution is 7.91. The van der Waals surface area contributed by atoms with E-state index >= 15 is 0 Å². The van der Waals surface area contributed by atoms with Crippen LogP contribution in [0, 0.1) is 0 Å². The fourth-order valence-corrected chi connectivity index (χ4v) is 6.16. The van der Waals surface area contributed by atoms with Crippen LogP contribution >= 0.6 is 11.3 Å². The minimum Gasteiger partial charge on any atom is -0.489 e. The van der Waals surface area contributed by atoms with Gasteiger partial charge in [0.05, 0.1) is 34.1 Å². The highest BCUT2D eigenvalue weighted by atomic mass is 32.2. The largest absolute Gasteiger partial charge is 0.489 e. The smallest absolute Gasteiger partial charge is 0.271 e. The molecule has 0 saturated heterocycles. The number of aromatic nitrogens is 1. The second kappa shape index (κ2) is 13.3. The molecule has 0 fully saturated rings. The number of anilines is 1. The van der Waals surface area contributed by atoms with Crippen molar-refractivity contribution < 1.29 is 32.9 Å². The summed E-state index contributed by atoms with van der Waals surface area (Å²) in [6.45, 7) is 1.49. The SMILES string of the molecule is CCS(=O)(=O)c1ccc(C(Oc2ccc(OCc3ccccc3)cc2)C(=O)Nc2nc3cc(CO)c(CO)cc3s2)cc1. The van der Waals surface area contributed by atoms with Crippen molar-refractivity contribution in [3.63, 3.8) is 0 Å². The zero-order chi connectivity index (χ0) is 30.4. The van der Waals surface area contributed by atoms with E-state index in [9.17, 15) is 23.4 Å². The summed E-state index contributed by atoms with van der Waals surface area (Å²) in [6, 6.07) is 26.1. The molecule has 1 atom stereocenters. The molecule has 0 aliphatic carbocycles. The number of rotatable bonds is 12. The van der Waals surface area contributed by atoms with Gasteiger partial charge in [0, 0.05) is 5.56 Å². The lowest BCUT2D eigenvalue weighted by Crippen LogP contribution is -2.25. The number of nitrogens with one attached hydrogen (secondary N) is 1. The molecule has 3 N–H and O–H groups in total. The Bertz CT molecular complexity index is 1760. The first-order valence-electron chi connectivity index (χ1n) is 13.5. The first-order valence-corrected chi connectivity index (χ1v) is 16.0. The Labute approximate surface area is 253 Å². The van der Waals surface area contributed by atoms with Gasteiger partial charge in [-0.15, -0.1) is 0 Å². The van der Waals surface area contributed by atoms with E-state index in [1.807, 2.05) is 30.3 Å². The van der Waals surface area contributed by atoms with E-state index in [1.165, 1.54) is 23.5 Å². The highest BCUT2D eigenvalue weighted by Gasteiger charge is 2.25. The van der Waals surface area contributed by atoms with Gasteiger partial charge in [-0.3, -0.25) is 10.1 Å². The number of carbonyl (C=O) groups excluding carboxylic acids is 1. The number of thiazole rings is 1. The third-order valence-corrected chi connectivity index (χ3v) is 9.45. The molecule has 4 aromatic carbocycles. The molecule has 222 valence electrons. The van der Waals surface area contributed by atoms with Gasteiger partial charge in [-0.1, -0.05) is 60.7 Å². The predicted molar refractivity (Wildman–Crippen MR) is 165 cm³/mol. The normalized spacial score (nSPS) is 12.2. The number of aliphatic hydroxyl groups excluding tert-OH is 2. The van der Waals surface area contributed by atoms with Gasteiger partial charge in [0.15, 0.2) is 15.0 Å². The number of ether oxygens (including phenoxy) is 2. The molecule has 0 bridgehead atoms. The Morgan fingerprint density at radius 2 is 1.56 bits per heavy atom. The Hall–Kier alpha value is -4.29. The van der Waals surface area contributed by atoms with Crippen molar-refractivity contribution >= 4 is 42.4 Å². The van der Waals surface area contributed by atoms with Crippen LogP contribution in [0.3, 0.4) is 0 Å². The van der Waals surface area contributed by atoms with Crippen molar-refractivity contribution in [3.8, 4) is 11.5 Å². The maximum atomic E-state index is 13.6. The summed E-state index contributed by atoms with van der Waals surface area (Å²) in [5, 5.41) is 22.4. The molecule has 11 heteroatoms. The molecule has 0 radical (unpaired) electrons. The second-order valence-corrected chi connectivity index (χ2v) is 12.9. The van der Waals surface area contributed by atoms with Crippen molar-refractivity contribution in [1.82, 2.24) is 4.98 Å². The molecular weight excluding hydrogens is 588 g/mol. The number of aliphatic hydroxyl groups is 2. The minimum atomic E-state index is -3.42. The number of fused-ring (bicyclic) bond motifs is 1. The molecule has 0 aliphatic rings. The summed E-state index contributed by atoms with van der Waals surface area (Å²) in [6.07, 6.45) is -1.14. The second-order valence-electron chi connectivity index (χ2n) is 9.63. The number of sulfone groups is 1. The van der Waals surface area contributed by atoms with Crippen LogP contribution in [0.25, 0.3) is 10.2 Å². The number of nitrogens with zero attached hydrogens (tertiary/aromatic N) is 1. The van der Waals surface area contributed by atoms with Crippen molar-refractivity contribution in [3.05, 3.63) is 113 Å². The highest BCUT2D eigenvalue weighted by Crippen LogP contribution is 2.31. The average molecular weight is 619 g/mol.